The van der Waals surface area contributed by atoms with Gasteiger partial charge in [0, 0.05) is 24.5 Å². The van der Waals surface area contributed by atoms with E-state index in [2.05, 4.69) is 4.98 Å². The number of nitro benzene ring substituents is 1. The van der Waals surface area contributed by atoms with Gasteiger partial charge in [0.25, 0.3) is 5.69 Å². The van der Waals surface area contributed by atoms with Gasteiger partial charge in [-0.2, -0.15) is 0 Å². The second-order valence-electron chi connectivity index (χ2n) is 4.69. The molecule has 1 aromatic carbocycles. The zero-order valence-electron chi connectivity index (χ0n) is 11.4. The molecular weight excluding hydrogens is 270 g/mol. The minimum absolute atomic E-state index is 0.0469. The number of fused-ring (bicyclic) bond motifs is 1. The summed E-state index contributed by atoms with van der Waals surface area (Å²) in [5.41, 5.74) is 2.85. The zero-order valence-corrected chi connectivity index (χ0v) is 11.4. The van der Waals surface area contributed by atoms with Gasteiger partial charge < -0.3 is 9.14 Å². The van der Waals surface area contributed by atoms with E-state index in [1.54, 1.807) is 12.1 Å². The lowest BCUT2D eigenvalue weighted by Crippen LogP contribution is -1.96. The molecule has 106 valence electrons. The summed E-state index contributed by atoms with van der Waals surface area (Å²) >= 11 is 0. The van der Waals surface area contributed by atoms with Crippen LogP contribution in [0.3, 0.4) is 0 Å². The molecule has 0 atom stereocenters. The Morgan fingerprint density at radius 1 is 1.29 bits per heavy atom. The monoisotopic (exact) mass is 283 g/mol. The van der Waals surface area contributed by atoms with Gasteiger partial charge in [-0.3, -0.25) is 10.1 Å². The van der Waals surface area contributed by atoms with Crippen LogP contribution in [0.5, 0.6) is 5.75 Å². The zero-order chi connectivity index (χ0) is 14.8. The summed E-state index contributed by atoms with van der Waals surface area (Å²) in [6, 6.07) is 9.97. The number of non-ortho nitro benzene ring substituents is 1. The molecule has 0 N–H and O–H groups in total. The fraction of sp³-hybridized carbons (Fsp3) is 0.133. The maximum Gasteiger partial charge on any atom is 0.269 e. The van der Waals surface area contributed by atoms with Gasteiger partial charge in [0.1, 0.15) is 18.0 Å². The highest BCUT2D eigenvalue weighted by atomic mass is 16.6. The first kappa shape index (κ1) is 13.1. The fourth-order valence-electron chi connectivity index (χ4n) is 2.10. The Labute approximate surface area is 120 Å². The summed E-state index contributed by atoms with van der Waals surface area (Å²) in [7, 11) is 0. The van der Waals surface area contributed by atoms with E-state index < -0.39 is 4.92 Å². The average Bonchev–Trinajstić information content (AvgIpc) is 2.90. The molecule has 0 fully saturated rings. The SMILES string of the molecule is Cc1cccn2cc(COc3ccc([N+](=O)[O-])cc3)nc12. The third kappa shape index (κ3) is 2.69. The van der Waals surface area contributed by atoms with Crippen LogP contribution >= 0.6 is 0 Å². The van der Waals surface area contributed by atoms with Crippen molar-refractivity contribution in [3.05, 3.63) is 70.2 Å². The normalized spacial score (nSPS) is 10.7. The average molecular weight is 283 g/mol. The van der Waals surface area contributed by atoms with Crippen LogP contribution in [0.4, 0.5) is 5.69 Å². The summed E-state index contributed by atoms with van der Waals surface area (Å²) in [6.07, 6.45) is 3.85. The number of hydrogen-bond acceptors (Lipinski definition) is 4. The highest BCUT2D eigenvalue weighted by Gasteiger charge is 2.06. The van der Waals surface area contributed by atoms with E-state index in [0.717, 1.165) is 16.9 Å². The Kier molecular flexibility index (Phi) is 3.27. The molecule has 0 aliphatic heterocycles. The summed E-state index contributed by atoms with van der Waals surface area (Å²) < 4.78 is 7.55. The lowest BCUT2D eigenvalue weighted by Gasteiger charge is -2.03. The number of nitro groups is 1. The summed E-state index contributed by atoms with van der Waals surface area (Å²) in [6.45, 7) is 2.32. The second kappa shape index (κ2) is 5.24. The van der Waals surface area contributed by atoms with E-state index in [9.17, 15) is 10.1 Å². The number of imidazole rings is 1. The minimum atomic E-state index is -0.436. The number of pyridine rings is 1. The Hall–Kier alpha value is -2.89. The van der Waals surface area contributed by atoms with Gasteiger partial charge in [0.05, 0.1) is 10.6 Å². The fourth-order valence-corrected chi connectivity index (χ4v) is 2.10. The van der Waals surface area contributed by atoms with Crippen molar-refractivity contribution in [3.8, 4) is 5.75 Å². The molecule has 6 heteroatoms. The lowest BCUT2D eigenvalue weighted by molar-refractivity contribution is -0.384. The predicted octanol–water partition coefficient (Wildman–Crippen LogP) is 3.13. The van der Waals surface area contributed by atoms with E-state index in [0.29, 0.717) is 12.4 Å². The van der Waals surface area contributed by atoms with E-state index in [4.69, 9.17) is 4.74 Å². The predicted molar refractivity (Wildman–Crippen MR) is 77.4 cm³/mol. The molecule has 3 rings (SSSR count). The molecule has 0 unspecified atom stereocenters. The molecule has 0 radical (unpaired) electrons. The van der Waals surface area contributed by atoms with Crippen LogP contribution in [0.2, 0.25) is 0 Å². The largest absolute Gasteiger partial charge is 0.487 e. The third-order valence-electron chi connectivity index (χ3n) is 3.16. The lowest BCUT2D eigenvalue weighted by atomic mass is 10.3. The van der Waals surface area contributed by atoms with Crippen LogP contribution in [-0.2, 0) is 6.61 Å². The highest BCUT2D eigenvalue weighted by Crippen LogP contribution is 2.18. The van der Waals surface area contributed by atoms with Crippen LogP contribution in [-0.4, -0.2) is 14.3 Å². The van der Waals surface area contributed by atoms with Gasteiger partial charge in [0.15, 0.2) is 0 Å². The van der Waals surface area contributed by atoms with Crippen molar-refractivity contribution in [1.29, 1.82) is 0 Å². The van der Waals surface area contributed by atoms with Crippen molar-refractivity contribution >= 4 is 11.3 Å². The summed E-state index contributed by atoms with van der Waals surface area (Å²) in [5.74, 6) is 0.578. The molecule has 0 saturated heterocycles. The third-order valence-corrected chi connectivity index (χ3v) is 3.16. The van der Waals surface area contributed by atoms with E-state index in [1.165, 1.54) is 12.1 Å². The van der Waals surface area contributed by atoms with Gasteiger partial charge in [-0.05, 0) is 30.7 Å². The maximum absolute atomic E-state index is 10.6. The van der Waals surface area contributed by atoms with Gasteiger partial charge in [-0.15, -0.1) is 0 Å². The van der Waals surface area contributed by atoms with Crippen molar-refractivity contribution in [2.75, 3.05) is 0 Å². The smallest absolute Gasteiger partial charge is 0.269 e. The topological polar surface area (TPSA) is 69.7 Å². The molecule has 0 saturated carbocycles. The molecule has 21 heavy (non-hydrogen) atoms. The van der Waals surface area contributed by atoms with E-state index in [-0.39, 0.29) is 5.69 Å². The molecule has 0 amide bonds. The van der Waals surface area contributed by atoms with Gasteiger partial charge in [-0.1, -0.05) is 6.07 Å². The van der Waals surface area contributed by atoms with E-state index >= 15 is 0 Å². The molecular formula is C15H13N3O3. The number of rotatable bonds is 4. The molecule has 2 aromatic heterocycles. The molecule has 0 bridgehead atoms. The van der Waals surface area contributed by atoms with Crippen LogP contribution in [0.1, 0.15) is 11.3 Å². The Bertz CT molecular complexity index is 794. The second-order valence-corrected chi connectivity index (χ2v) is 4.69. The number of benzene rings is 1. The first-order valence-corrected chi connectivity index (χ1v) is 6.44. The molecule has 2 heterocycles. The van der Waals surface area contributed by atoms with Crippen molar-refractivity contribution in [2.24, 2.45) is 0 Å². The number of nitrogens with zero attached hydrogens (tertiary/aromatic N) is 3. The molecule has 6 nitrogen and oxygen atoms in total. The maximum atomic E-state index is 10.6. The first-order chi connectivity index (χ1) is 10.1. The van der Waals surface area contributed by atoms with Crippen LogP contribution in [0, 0.1) is 17.0 Å². The van der Waals surface area contributed by atoms with Gasteiger partial charge in [-0.25, -0.2) is 4.98 Å². The molecule has 0 aliphatic carbocycles. The minimum Gasteiger partial charge on any atom is -0.487 e. The Balaban J connectivity index is 1.74. The van der Waals surface area contributed by atoms with Crippen LogP contribution in [0.25, 0.3) is 5.65 Å². The molecule has 3 aromatic rings. The summed E-state index contributed by atoms with van der Waals surface area (Å²) in [5, 5.41) is 10.6. The van der Waals surface area contributed by atoms with Crippen LogP contribution < -0.4 is 4.74 Å². The van der Waals surface area contributed by atoms with Crippen LogP contribution in [0.15, 0.2) is 48.8 Å². The standard InChI is InChI=1S/C15H13N3O3/c1-11-3-2-8-17-9-12(16-15(11)17)10-21-14-6-4-13(5-7-14)18(19)20/h2-9H,10H2,1H3. The number of hydrogen-bond donors (Lipinski definition) is 0. The highest BCUT2D eigenvalue weighted by molar-refractivity contribution is 5.47. The number of aryl methyl sites for hydroxylation is 1. The van der Waals surface area contributed by atoms with Crippen molar-refractivity contribution < 1.29 is 9.66 Å². The van der Waals surface area contributed by atoms with Crippen molar-refractivity contribution in [3.63, 3.8) is 0 Å². The Morgan fingerprint density at radius 2 is 2.05 bits per heavy atom. The molecule has 0 spiro atoms. The van der Waals surface area contributed by atoms with Crippen molar-refractivity contribution in [2.45, 2.75) is 13.5 Å². The Morgan fingerprint density at radius 3 is 2.71 bits per heavy atom. The number of ether oxygens (including phenoxy) is 1. The number of aromatic nitrogens is 2. The quantitative estimate of drug-likeness (QED) is 0.545. The van der Waals surface area contributed by atoms with E-state index in [1.807, 2.05) is 35.9 Å². The van der Waals surface area contributed by atoms with Crippen molar-refractivity contribution in [1.82, 2.24) is 9.38 Å². The molecule has 0 aliphatic rings. The first-order valence-electron chi connectivity index (χ1n) is 6.44. The van der Waals surface area contributed by atoms with Gasteiger partial charge in [0.2, 0.25) is 0 Å². The summed E-state index contributed by atoms with van der Waals surface area (Å²) in [4.78, 5) is 14.6. The van der Waals surface area contributed by atoms with Gasteiger partial charge >= 0.3 is 0 Å².